The monoisotopic (exact) mass is 556 g/mol. The number of rotatable bonds is 9. The second-order valence-electron chi connectivity index (χ2n) is 9.31. The van der Waals surface area contributed by atoms with E-state index in [9.17, 15) is 9.59 Å². The van der Waals surface area contributed by atoms with Crippen molar-refractivity contribution < 1.29 is 14.3 Å². The molecule has 0 bridgehead atoms. The third kappa shape index (κ3) is 5.75. The fourth-order valence-electron chi connectivity index (χ4n) is 5.08. The zero-order valence-electron chi connectivity index (χ0n) is 22.8. The van der Waals surface area contributed by atoms with E-state index in [4.69, 9.17) is 4.74 Å². The summed E-state index contributed by atoms with van der Waals surface area (Å²) >= 11 is 0. The standard InChI is InChI=1S/C36H30NO3P/c1-2-40-36(39)33(37-35(38)29-20-10-4-11-21-29)34(28-18-8-3-9-19-28)41(30-22-12-5-13-23-30,31-24-14-6-15-25-31)32-26-16-7-17-27-32/h3-27H,2H2,1H3/p+1/b34-33-. The van der Waals surface area contributed by atoms with Crippen molar-refractivity contribution in [1.82, 2.24) is 5.32 Å². The van der Waals surface area contributed by atoms with Crippen LogP contribution in [0.4, 0.5) is 0 Å². The van der Waals surface area contributed by atoms with Crippen LogP contribution in [-0.4, -0.2) is 18.5 Å². The lowest BCUT2D eigenvalue weighted by Crippen LogP contribution is -2.36. The average molecular weight is 557 g/mol. The summed E-state index contributed by atoms with van der Waals surface area (Å²) in [5.74, 6) is -0.961. The van der Waals surface area contributed by atoms with Crippen LogP contribution in [0.5, 0.6) is 0 Å². The van der Waals surface area contributed by atoms with Gasteiger partial charge >= 0.3 is 5.97 Å². The van der Waals surface area contributed by atoms with Gasteiger partial charge in [-0.25, -0.2) is 4.79 Å². The van der Waals surface area contributed by atoms with E-state index >= 15 is 0 Å². The smallest absolute Gasteiger partial charge is 0.359 e. The van der Waals surface area contributed by atoms with Crippen LogP contribution in [0.2, 0.25) is 0 Å². The van der Waals surface area contributed by atoms with Crippen LogP contribution in [0.15, 0.2) is 157 Å². The van der Waals surface area contributed by atoms with Gasteiger partial charge in [0.2, 0.25) is 0 Å². The second kappa shape index (κ2) is 13.0. The number of ether oxygens (including phenoxy) is 1. The Morgan fingerprint density at radius 1 is 0.561 bits per heavy atom. The highest BCUT2D eigenvalue weighted by Crippen LogP contribution is 2.67. The van der Waals surface area contributed by atoms with Gasteiger partial charge in [0.05, 0.1) is 6.61 Å². The lowest BCUT2D eigenvalue weighted by molar-refractivity contribution is -0.138. The lowest BCUT2D eigenvalue weighted by Gasteiger charge is -2.31. The van der Waals surface area contributed by atoms with Crippen molar-refractivity contribution >= 4 is 40.4 Å². The minimum Gasteiger partial charge on any atom is -0.461 e. The van der Waals surface area contributed by atoms with Crippen molar-refractivity contribution in [3.8, 4) is 0 Å². The molecule has 5 aromatic carbocycles. The molecule has 5 heteroatoms. The molecule has 5 aromatic rings. The predicted molar refractivity (Wildman–Crippen MR) is 169 cm³/mol. The minimum absolute atomic E-state index is 0.136. The molecule has 0 aliphatic carbocycles. The van der Waals surface area contributed by atoms with Crippen LogP contribution in [0, 0.1) is 0 Å². The van der Waals surface area contributed by atoms with Crippen molar-refractivity contribution in [2.24, 2.45) is 0 Å². The SMILES string of the molecule is CCOC(=O)/C(NC(=O)c1ccccc1)=C(\c1ccccc1)[P+](c1ccccc1)(c1ccccc1)c1ccccc1. The van der Waals surface area contributed by atoms with Gasteiger partial charge in [0.15, 0.2) is 5.70 Å². The number of nitrogens with one attached hydrogen (secondary N) is 1. The third-order valence-corrected chi connectivity index (χ3v) is 11.2. The molecule has 0 radical (unpaired) electrons. The van der Waals surface area contributed by atoms with Crippen molar-refractivity contribution in [2.75, 3.05) is 6.61 Å². The van der Waals surface area contributed by atoms with E-state index in [1.54, 1.807) is 31.2 Å². The molecule has 0 heterocycles. The summed E-state index contributed by atoms with van der Waals surface area (Å²) in [6, 6.07) is 49.5. The molecule has 41 heavy (non-hydrogen) atoms. The fraction of sp³-hybridized carbons (Fsp3) is 0.0556. The second-order valence-corrected chi connectivity index (χ2v) is 12.6. The predicted octanol–water partition coefficient (Wildman–Crippen LogP) is 6.34. The summed E-state index contributed by atoms with van der Waals surface area (Å²) in [5.41, 5.74) is 1.41. The Hall–Kier alpha value is -4.79. The Bertz CT molecular complexity index is 1530. The molecule has 1 amide bonds. The number of amides is 1. The lowest BCUT2D eigenvalue weighted by atomic mass is 10.1. The van der Waals surface area contributed by atoms with E-state index < -0.39 is 13.2 Å². The summed E-state index contributed by atoms with van der Waals surface area (Å²) in [6.45, 7) is 1.93. The van der Waals surface area contributed by atoms with Gasteiger partial charge < -0.3 is 10.1 Å². The molecule has 0 fully saturated rings. The minimum atomic E-state index is -2.80. The highest BCUT2D eigenvalue weighted by Gasteiger charge is 2.53. The van der Waals surface area contributed by atoms with E-state index in [-0.39, 0.29) is 18.2 Å². The molecule has 202 valence electrons. The van der Waals surface area contributed by atoms with Gasteiger partial charge in [-0.1, -0.05) is 103 Å². The third-order valence-electron chi connectivity index (χ3n) is 6.80. The zero-order valence-corrected chi connectivity index (χ0v) is 23.7. The van der Waals surface area contributed by atoms with Crippen LogP contribution in [-0.2, 0) is 9.53 Å². The summed E-state index contributed by atoms with van der Waals surface area (Å²) < 4.78 is 5.65. The summed E-state index contributed by atoms with van der Waals surface area (Å²) in [7, 11) is -2.80. The molecule has 0 aromatic heterocycles. The van der Waals surface area contributed by atoms with Gasteiger partial charge in [-0.15, -0.1) is 0 Å². The normalized spacial score (nSPS) is 11.7. The maximum atomic E-state index is 14.0. The number of esters is 1. The molecule has 0 saturated heterocycles. The van der Waals surface area contributed by atoms with E-state index in [0.29, 0.717) is 5.56 Å². The van der Waals surface area contributed by atoms with Crippen molar-refractivity contribution in [1.29, 1.82) is 0 Å². The van der Waals surface area contributed by atoms with E-state index in [0.717, 1.165) is 26.8 Å². The van der Waals surface area contributed by atoms with Gasteiger partial charge in [-0.3, -0.25) is 4.79 Å². The molecule has 4 nitrogen and oxygen atoms in total. The van der Waals surface area contributed by atoms with Crippen molar-refractivity contribution in [2.45, 2.75) is 6.92 Å². The zero-order chi connectivity index (χ0) is 28.5. The Morgan fingerprint density at radius 2 is 0.927 bits per heavy atom. The maximum Gasteiger partial charge on any atom is 0.359 e. The maximum absolute atomic E-state index is 14.0. The summed E-state index contributed by atoms with van der Waals surface area (Å²) in [5, 5.41) is 6.90. The van der Waals surface area contributed by atoms with Crippen molar-refractivity contribution in [3.05, 3.63) is 168 Å². The molecular weight excluding hydrogens is 525 g/mol. The molecule has 1 N–H and O–H groups in total. The van der Waals surface area contributed by atoms with Crippen LogP contribution >= 0.6 is 7.26 Å². The Balaban J connectivity index is 1.96. The number of hydrogen-bond acceptors (Lipinski definition) is 3. The van der Waals surface area contributed by atoms with Gasteiger partial charge in [-0.2, -0.15) is 0 Å². The molecule has 5 rings (SSSR count). The van der Waals surface area contributed by atoms with Crippen LogP contribution in [0.1, 0.15) is 22.8 Å². The van der Waals surface area contributed by atoms with Crippen molar-refractivity contribution in [3.63, 3.8) is 0 Å². The summed E-state index contributed by atoms with van der Waals surface area (Å²) in [4.78, 5) is 27.7. The molecule has 0 spiro atoms. The first-order valence-electron chi connectivity index (χ1n) is 13.6. The van der Waals surface area contributed by atoms with Gasteiger partial charge in [0.1, 0.15) is 28.5 Å². The van der Waals surface area contributed by atoms with Gasteiger partial charge in [-0.05, 0) is 55.5 Å². The van der Waals surface area contributed by atoms with Gasteiger partial charge in [0.25, 0.3) is 5.91 Å². The topological polar surface area (TPSA) is 55.4 Å². The van der Waals surface area contributed by atoms with Crippen LogP contribution in [0.3, 0.4) is 0 Å². The largest absolute Gasteiger partial charge is 0.461 e. The molecule has 0 aliphatic heterocycles. The van der Waals surface area contributed by atoms with Gasteiger partial charge in [0, 0.05) is 11.1 Å². The first-order chi connectivity index (χ1) is 20.2. The number of benzene rings is 5. The first-order valence-corrected chi connectivity index (χ1v) is 15.3. The first kappa shape index (κ1) is 27.8. The van der Waals surface area contributed by atoms with E-state index in [1.807, 2.05) is 91.0 Å². The van der Waals surface area contributed by atoms with Crippen LogP contribution in [0.25, 0.3) is 5.31 Å². The van der Waals surface area contributed by atoms with Crippen LogP contribution < -0.4 is 21.2 Å². The van der Waals surface area contributed by atoms with E-state index in [2.05, 4.69) is 41.7 Å². The quantitative estimate of drug-likeness (QED) is 0.131. The number of hydrogen-bond donors (Lipinski definition) is 1. The fourth-order valence-corrected chi connectivity index (χ4v) is 9.62. The Kier molecular flexibility index (Phi) is 8.83. The Labute approximate surface area is 241 Å². The molecule has 0 saturated carbocycles. The highest BCUT2D eigenvalue weighted by molar-refractivity contribution is 8.03. The summed E-state index contributed by atoms with van der Waals surface area (Å²) in [6.07, 6.45) is 0. The molecule has 0 aliphatic rings. The molecular formula is C36H31NO3P+. The number of carbonyl (C=O) groups is 2. The van der Waals surface area contributed by atoms with E-state index in [1.165, 1.54) is 0 Å². The average Bonchev–Trinajstić information content (AvgIpc) is 3.05. The highest BCUT2D eigenvalue weighted by atomic mass is 31.2. The molecule has 0 atom stereocenters. The molecule has 0 unspecified atom stereocenters. The Morgan fingerprint density at radius 3 is 1.32 bits per heavy atom. The number of carbonyl (C=O) groups excluding carboxylic acids is 2.